The van der Waals surface area contributed by atoms with E-state index < -0.39 is 0 Å². The summed E-state index contributed by atoms with van der Waals surface area (Å²) in [6, 6.07) is 3.11. The zero-order valence-corrected chi connectivity index (χ0v) is 9.51. The Morgan fingerprint density at radius 2 is 2.19 bits per heavy atom. The predicted octanol–water partition coefficient (Wildman–Crippen LogP) is 2.90. The second kappa shape index (κ2) is 4.49. The average Bonchev–Trinajstić information content (AvgIpc) is 2.28. The van der Waals surface area contributed by atoms with Crippen LogP contribution in [0.5, 0.6) is 0 Å². The minimum atomic E-state index is -0.369. The second-order valence-corrected chi connectivity index (χ2v) is 3.74. The third-order valence-corrected chi connectivity index (χ3v) is 2.35. The van der Waals surface area contributed by atoms with Gasteiger partial charge in [0.15, 0.2) is 0 Å². The number of H-pyrrole nitrogens is 1. The van der Waals surface area contributed by atoms with E-state index in [1.165, 1.54) is 12.3 Å². The number of aromatic amines is 1. The van der Waals surface area contributed by atoms with Crippen molar-refractivity contribution >= 4 is 12.2 Å². The van der Waals surface area contributed by atoms with Gasteiger partial charge in [-0.05, 0) is 12.1 Å². The Bertz CT molecular complexity index is 565. The van der Waals surface area contributed by atoms with E-state index in [0.717, 1.165) is 17.9 Å². The second-order valence-electron chi connectivity index (χ2n) is 3.33. The van der Waals surface area contributed by atoms with Crippen molar-refractivity contribution in [1.29, 1.82) is 0 Å². The number of hydrogen-bond donors (Lipinski definition) is 1. The van der Waals surface area contributed by atoms with Crippen LogP contribution in [0.1, 0.15) is 12.7 Å². The molecule has 16 heavy (non-hydrogen) atoms. The zero-order valence-electron chi connectivity index (χ0n) is 8.70. The number of hydrogen-bond acceptors (Lipinski definition) is 3. The highest BCUT2D eigenvalue weighted by Crippen LogP contribution is 2.16. The van der Waals surface area contributed by atoms with Crippen molar-refractivity contribution in [3.8, 4) is 11.3 Å². The van der Waals surface area contributed by atoms with Crippen LogP contribution in [0.15, 0.2) is 24.5 Å². The fourth-order valence-corrected chi connectivity index (χ4v) is 1.62. The van der Waals surface area contributed by atoms with Crippen LogP contribution in [0.3, 0.4) is 0 Å². The number of pyridine rings is 1. The van der Waals surface area contributed by atoms with Gasteiger partial charge in [-0.25, -0.2) is 9.37 Å². The largest absolute Gasteiger partial charge is 0.343 e. The number of halogens is 1. The van der Waals surface area contributed by atoms with Gasteiger partial charge in [0, 0.05) is 18.2 Å². The number of aromatic nitrogens is 3. The summed E-state index contributed by atoms with van der Waals surface area (Å²) in [7, 11) is 0. The molecule has 0 saturated heterocycles. The van der Waals surface area contributed by atoms with Gasteiger partial charge < -0.3 is 4.98 Å². The van der Waals surface area contributed by atoms with E-state index >= 15 is 0 Å². The first-order chi connectivity index (χ1) is 7.69. The molecule has 0 amide bonds. The number of aryl methyl sites for hydroxylation is 1. The third kappa shape index (κ3) is 2.30. The summed E-state index contributed by atoms with van der Waals surface area (Å²) in [4.78, 5) is 11.0. The summed E-state index contributed by atoms with van der Waals surface area (Å²) in [5.74, 6) is 0.415. The molecule has 0 fully saturated rings. The molecule has 0 spiro atoms. The molecule has 3 nitrogen and oxygen atoms in total. The van der Waals surface area contributed by atoms with Crippen molar-refractivity contribution < 1.29 is 4.39 Å². The van der Waals surface area contributed by atoms with Gasteiger partial charge >= 0.3 is 0 Å². The predicted molar refractivity (Wildman–Crippen MR) is 62.0 cm³/mol. The van der Waals surface area contributed by atoms with Crippen LogP contribution in [0.2, 0.25) is 0 Å². The lowest BCUT2D eigenvalue weighted by atomic mass is 10.2. The van der Waals surface area contributed by atoms with Crippen molar-refractivity contribution in [2.24, 2.45) is 0 Å². The van der Waals surface area contributed by atoms with Gasteiger partial charge in [0.1, 0.15) is 16.3 Å². The lowest BCUT2D eigenvalue weighted by Gasteiger charge is -2.04. The van der Waals surface area contributed by atoms with Crippen molar-refractivity contribution in [3.05, 3.63) is 40.8 Å². The monoisotopic (exact) mass is 235 g/mol. The number of nitrogens with zero attached hydrogens (tertiary/aromatic N) is 2. The van der Waals surface area contributed by atoms with Crippen LogP contribution in [0.25, 0.3) is 11.3 Å². The van der Waals surface area contributed by atoms with Gasteiger partial charge in [-0.15, -0.1) is 0 Å². The Kier molecular flexibility index (Phi) is 3.05. The quantitative estimate of drug-likeness (QED) is 0.814. The highest BCUT2D eigenvalue weighted by Gasteiger charge is 2.02. The van der Waals surface area contributed by atoms with E-state index in [0.29, 0.717) is 10.2 Å². The van der Waals surface area contributed by atoms with E-state index in [-0.39, 0.29) is 5.82 Å². The highest BCUT2D eigenvalue weighted by molar-refractivity contribution is 7.71. The van der Waals surface area contributed by atoms with Crippen LogP contribution >= 0.6 is 12.2 Å². The van der Waals surface area contributed by atoms with Gasteiger partial charge in [0.2, 0.25) is 0 Å². The summed E-state index contributed by atoms with van der Waals surface area (Å²) in [6.45, 7) is 1.97. The molecule has 0 atom stereocenters. The molecule has 0 unspecified atom stereocenters. The maximum atomic E-state index is 13.0. The Morgan fingerprint density at radius 1 is 1.38 bits per heavy atom. The zero-order chi connectivity index (χ0) is 11.5. The third-order valence-electron chi connectivity index (χ3n) is 2.14. The van der Waals surface area contributed by atoms with E-state index in [9.17, 15) is 4.39 Å². The Hall–Kier alpha value is -1.62. The minimum Gasteiger partial charge on any atom is -0.343 e. The summed E-state index contributed by atoms with van der Waals surface area (Å²) in [5.41, 5.74) is 1.41. The van der Waals surface area contributed by atoms with Gasteiger partial charge in [0.05, 0.1) is 11.9 Å². The van der Waals surface area contributed by atoms with Crippen molar-refractivity contribution in [2.45, 2.75) is 13.3 Å². The Morgan fingerprint density at radius 3 is 2.88 bits per heavy atom. The van der Waals surface area contributed by atoms with Crippen molar-refractivity contribution in [2.75, 3.05) is 0 Å². The number of nitrogens with one attached hydrogen (secondary N) is 1. The minimum absolute atomic E-state index is 0.369. The van der Waals surface area contributed by atoms with Gasteiger partial charge in [-0.3, -0.25) is 4.98 Å². The molecule has 2 heterocycles. The maximum absolute atomic E-state index is 13.0. The first kappa shape index (κ1) is 10.9. The maximum Gasteiger partial charge on any atom is 0.142 e. The summed E-state index contributed by atoms with van der Waals surface area (Å²) < 4.78 is 13.5. The molecular formula is C11H10FN3S. The fourth-order valence-electron chi connectivity index (χ4n) is 1.39. The molecule has 0 aliphatic carbocycles. The van der Waals surface area contributed by atoms with E-state index in [4.69, 9.17) is 12.2 Å². The molecule has 2 rings (SSSR count). The summed E-state index contributed by atoms with van der Waals surface area (Å²) in [5, 5.41) is 0. The van der Waals surface area contributed by atoms with Gasteiger partial charge in [-0.2, -0.15) is 0 Å². The fraction of sp³-hybridized carbons (Fsp3) is 0.182. The summed E-state index contributed by atoms with van der Waals surface area (Å²) >= 11 is 5.04. The smallest absolute Gasteiger partial charge is 0.142 e. The van der Waals surface area contributed by atoms with E-state index in [2.05, 4.69) is 15.0 Å². The Balaban J connectivity index is 2.55. The molecule has 82 valence electrons. The standard InChI is InChI=1S/C11H10FN3S/c1-2-10-14-9(4-11(16)15-10)7-3-8(12)6-13-5-7/h3-6H,2H2,1H3,(H,14,15,16). The lowest BCUT2D eigenvalue weighted by molar-refractivity contribution is 0.622. The van der Waals surface area contributed by atoms with Crippen molar-refractivity contribution in [3.63, 3.8) is 0 Å². The van der Waals surface area contributed by atoms with E-state index in [1.54, 1.807) is 12.3 Å². The van der Waals surface area contributed by atoms with Gasteiger partial charge in [-0.1, -0.05) is 19.1 Å². The molecule has 0 aliphatic heterocycles. The first-order valence-electron chi connectivity index (χ1n) is 4.90. The van der Waals surface area contributed by atoms with Crippen molar-refractivity contribution in [1.82, 2.24) is 15.0 Å². The molecule has 0 aliphatic rings. The molecule has 0 aromatic carbocycles. The number of rotatable bonds is 2. The van der Waals surface area contributed by atoms with Crippen LogP contribution < -0.4 is 0 Å². The molecular weight excluding hydrogens is 225 g/mol. The Labute approximate surface area is 97.4 Å². The summed E-state index contributed by atoms with van der Waals surface area (Å²) in [6.07, 6.45) is 3.50. The molecule has 0 radical (unpaired) electrons. The van der Waals surface area contributed by atoms with Crippen LogP contribution in [0, 0.1) is 10.5 Å². The SMILES string of the molecule is CCc1nc(=S)cc(-c2cncc(F)c2)[nH]1. The molecule has 0 saturated carbocycles. The van der Waals surface area contributed by atoms with Crippen LogP contribution in [-0.4, -0.2) is 15.0 Å². The van der Waals surface area contributed by atoms with Crippen LogP contribution in [0.4, 0.5) is 4.39 Å². The molecule has 0 bridgehead atoms. The van der Waals surface area contributed by atoms with Gasteiger partial charge in [0.25, 0.3) is 0 Å². The topological polar surface area (TPSA) is 41.6 Å². The molecule has 2 aromatic heterocycles. The van der Waals surface area contributed by atoms with E-state index in [1.807, 2.05) is 6.92 Å². The highest BCUT2D eigenvalue weighted by atomic mass is 32.1. The average molecular weight is 235 g/mol. The van der Waals surface area contributed by atoms with Crippen LogP contribution in [-0.2, 0) is 6.42 Å². The normalized spacial score (nSPS) is 10.4. The molecule has 2 aromatic rings. The molecule has 5 heteroatoms. The molecule has 1 N–H and O–H groups in total. The first-order valence-corrected chi connectivity index (χ1v) is 5.31. The lowest BCUT2D eigenvalue weighted by Crippen LogP contribution is -1.96.